The lowest BCUT2D eigenvalue weighted by Gasteiger charge is -2.14. The van der Waals surface area contributed by atoms with Crippen molar-refractivity contribution < 1.29 is 14.3 Å². The highest BCUT2D eigenvalue weighted by atomic mass is 16.5. The normalized spacial score (nSPS) is 24.4. The Bertz CT molecular complexity index is 519. The average molecular weight is 274 g/mol. The lowest BCUT2D eigenvalue weighted by Crippen LogP contribution is -2.38. The first-order valence-electron chi connectivity index (χ1n) is 6.89. The first-order chi connectivity index (χ1) is 9.63. The van der Waals surface area contributed by atoms with E-state index in [1.165, 1.54) is 5.56 Å². The van der Waals surface area contributed by atoms with Gasteiger partial charge in [0.1, 0.15) is 11.9 Å². The molecule has 1 N–H and O–H groups in total. The standard InChI is InChI=1S/C15H18N2O3/c1-17-9-11(7-14(17)18)15(19)16-8-12-6-10-4-2-3-5-13(10)20-12/h2-5,11-12H,6-9H2,1H3,(H,16,19)/t11-,12+/m0/s1. The lowest BCUT2D eigenvalue weighted by atomic mass is 10.1. The van der Waals surface area contributed by atoms with E-state index in [9.17, 15) is 9.59 Å². The third kappa shape index (κ3) is 2.48. The molecule has 1 aromatic carbocycles. The maximum absolute atomic E-state index is 12.0. The molecule has 3 rings (SSSR count). The summed E-state index contributed by atoms with van der Waals surface area (Å²) in [5.41, 5.74) is 1.18. The van der Waals surface area contributed by atoms with Crippen LogP contribution in [0.25, 0.3) is 0 Å². The van der Waals surface area contributed by atoms with Crippen LogP contribution in [0.5, 0.6) is 5.75 Å². The van der Waals surface area contributed by atoms with Gasteiger partial charge in [0.05, 0.1) is 12.5 Å². The van der Waals surface area contributed by atoms with Gasteiger partial charge >= 0.3 is 0 Å². The number of para-hydroxylation sites is 1. The number of nitrogens with one attached hydrogen (secondary N) is 1. The van der Waals surface area contributed by atoms with E-state index >= 15 is 0 Å². The second-order valence-electron chi connectivity index (χ2n) is 5.47. The van der Waals surface area contributed by atoms with Crippen LogP contribution in [0.1, 0.15) is 12.0 Å². The summed E-state index contributed by atoms with van der Waals surface area (Å²) in [6.07, 6.45) is 1.12. The first kappa shape index (κ1) is 13.0. The molecule has 5 nitrogen and oxygen atoms in total. The number of ether oxygens (including phenoxy) is 1. The second-order valence-corrected chi connectivity index (χ2v) is 5.47. The van der Waals surface area contributed by atoms with Crippen molar-refractivity contribution in [2.45, 2.75) is 18.9 Å². The summed E-state index contributed by atoms with van der Waals surface area (Å²) in [4.78, 5) is 25.0. The van der Waals surface area contributed by atoms with Crippen LogP contribution >= 0.6 is 0 Å². The Morgan fingerprint density at radius 3 is 2.90 bits per heavy atom. The molecule has 0 aliphatic carbocycles. The van der Waals surface area contributed by atoms with E-state index in [2.05, 4.69) is 5.32 Å². The van der Waals surface area contributed by atoms with Crippen molar-refractivity contribution in [3.8, 4) is 5.75 Å². The summed E-state index contributed by atoms with van der Waals surface area (Å²) in [6, 6.07) is 7.92. The Morgan fingerprint density at radius 1 is 1.40 bits per heavy atom. The molecule has 20 heavy (non-hydrogen) atoms. The van der Waals surface area contributed by atoms with Crippen molar-refractivity contribution in [3.05, 3.63) is 29.8 Å². The topological polar surface area (TPSA) is 58.6 Å². The number of rotatable bonds is 3. The van der Waals surface area contributed by atoms with Gasteiger partial charge in [-0.25, -0.2) is 0 Å². The SMILES string of the molecule is CN1C[C@@H](C(=O)NC[C@H]2Cc3ccccc3O2)CC1=O. The van der Waals surface area contributed by atoms with Gasteiger partial charge in [-0.3, -0.25) is 9.59 Å². The van der Waals surface area contributed by atoms with E-state index in [1.807, 2.05) is 24.3 Å². The van der Waals surface area contributed by atoms with E-state index < -0.39 is 0 Å². The van der Waals surface area contributed by atoms with Gasteiger partial charge in [-0.1, -0.05) is 18.2 Å². The van der Waals surface area contributed by atoms with Crippen LogP contribution in [-0.4, -0.2) is 43.0 Å². The fraction of sp³-hybridized carbons (Fsp3) is 0.467. The number of fused-ring (bicyclic) bond motifs is 1. The van der Waals surface area contributed by atoms with Crippen LogP contribution < -0.4 is 10.1 Å². The van der Waals surface area contributed by atoms with E-state index in [4.69, 9.17) is 4.74 Å². The van der Waals surface area contributed by atoms with Crippen molar-refractivity contribution in [1.82, 2.24) is 10.2 Å². The number of carbonyl (C=O) groups excluding carboxylic acids is 2. The molecule has 2 heterocycles. The molecule has 2 amide bonds. The average Bonchev–Trinajstić information content (AvgIpc) is 3.00. The molecule has 1 fully saturated rings. The van der Waals surface area contributed by atoms with Crippen LogP contribution in [0.2, 0.25) is 0 Å². The molecule has 1 aromatic rings. The molecule has 2 aliphatic heterocycles. The summed E-state index contributed by atoms with van der Waals surface area (Å²) in [5.74, 6) is 0.663. The maximum Gasteiger partial charge on any atom is 0.225 e. The minimum Gasteiger partial charge on any atom is -0.488 e. The molecule has 2 atom stereocenters. The van der Waals surface area contributed by atoms with E-state index in [0.29, 0.717) is 19.5 Å². The number of hydrogen-bond acceptors (Lipinski definition) is 3. The Labute approximate surface area is 117 Å². The van der Waals surface area contributed by atoms with Crippen molar-refractivity contribution in [2.75, 3.05) is 20.1 Å². The third-order valence-electron chi connectivity index (χ3n) is 3.93. The quantitative estimate of drug-likeness (QED) is 0.877. The highest BCUT2D eigenvalue weighted by Crippen LogP contribution is 2.27. The number of hydrogen-bond donors (Lipinski definition) is 1. The number of amides is 2. The fourth-order valence-electron chi connectivity index (χ4n) is 2.77. The van der Waals surface area contributed by atoms with Gasteiger partial charge in [0.15, 0.2) is 0 Å². The number of likely N-dealkylation sites (tertiary alicyclic amines) is 1. The number of benzene rings is 1. The predicted octanol–water partition coefficient (Wildman–Crippen LogP) is 0.585. The largest absolute Gasteiger partial charge is 0.488 e. The molecule has 0 aromatic heterocycles. The zero-order valence-electron chi connectivity index (χ0n) is 11.5. The molecular weight excluding hydrogens is 256 g/mol. The van der Waals surface area contributed by atoms with E-state index in [0.717, 1.165) is 12.2 Å². The second kappa shape index (κ2) is 5.15. The lowest BCUT2D eigenvalue weighted by molar-refractivity contribution is -0.128. The van der Waals surface area contributed by atoms with Crippen LogP contribution in [0.3, 0.4) is 0 Å². The first-order valence-corrected chi connectivity index (χ1v) is 6.89. The van der Waals surface area contributed by atoms with E-state index in [-0.39, 0.29) is 23.8 Å². The van der Waals surface area contributed by atoms with Gasteiger partial charge < -0.3 is 15.0 Å². The summed E-state index contributed by atoms with van der Waals surface area (Å²) >= 11 is 0. The molecule has 106 valence electrons. The van der Waals surface area contributed by atoms with Crippen LogP contribution in [0.4, 0.5) is 0 Å². The van der Waals surface area contributed by atoms with E-state index in [1.54, 1.807) is 11.9 Å². The van der Waals surface area contributed by atoms with Gasteiger partial charge in [-0.15, -0.1) is 0 Å². The molecule has 2 aliphatic rings. The van der Waals surface area contributed by atoms with Crippen molar-refractivity contribution >= 4 is 11.8 Å². The van der Waals surface area contributed by atoms with Crippen molar-refractivity contribution in [1.29, 1.82) is 0 Å². The molecule has 5 heteroatoms. The Hall–Kier alpha value is -2.04. The van der Waals surface area contributed by atoms with Gasteiger partial charge in [-0.05, 0) is 11.6 Å². The smallest absolute Gasteiger partial charge is 0.225 e. The zero-order valence-corrected chi connectivity index (χ0v) is 11.5. The highest BCUT2D eigenvalue weighted by molar-refractivity contribution is 5.89. The van der Waals surface area contributed by atoms with Gasteiger partial charge in [0.25, 0.3) is 0 Å². The summed E-state index contributed by atoms with van der Waals surface area (Å²) < 4.78 is 5.77. The fourth-order valence-corrected chi connectivity index (χ4v) is 2.77. The van der Waals surface area contributed by atoms with Gasteiger partial charge in [0, 0.05) is 26.4 Å². The van der Waals surface area contributed by atoms with Crippen LogP contribution in [0, 0.1) is 5.92 Å². The minimum atomic E-state index is -0.226. The predicted molar refractivity (Wildman–Crippen MR) is 73.3 cm³/mol. The molecule has 0 spiro atoms. The third-order valence-corrected chi connectivity index (χ3v) is 3.93. The number of nitrogens with zero attached hydrogens (tertiary/aromatic N) is 1. The molecular formula is C15H18N2O3. The van der Waals surface area contributed by atoms with Crippen LogP contribution in [-0.2, 0) is 16.0 Å². The van der Waals surface area contributed by atoms with Gasteiger partial charge in [-0.2, -0.15) is 0 Å². The zero-order chi connectivity index (χ0) is 14.1. The molecule has 1 saturated heterocycles. The molecule has 0 bridgehead atoms. The Kier molecular flexibility index (Phi) is 3.34. The highest BCUT2D eigenvalue weighted by Gasteiger charge is 2.32. The van der Waals surface area contributed by atoms with Crippen molar-refractivity contribution in [3.63, 3.8) is 0 Å². The Balaban J connectivity index is 1.49. The Morgan fingerprint density at radius 2 is 2.20 bits per heavy atom. The minimum absolute atomic E-state index is 0.00816. The molecule has 0 saturated carbocycles. The summed E-state index contributed by atoms with van der Waals surface area (Å²) in [7, 11) is 1.73. The molecule has 0 radical (unpaired) electrons. The summed E-state index contributed by atoms with van der Waals surface area (Å²) in [5, 5.41) is 2.90. The van der Waals surface area contributed by atoms with Crippen molar-refractivity contribution in [2.24, 2.45) is 5.92 Å². The van der Waals surface area contributed by atoms with Gasteiger partial charge in [0.2, 0.25) is 11.8 Å². The number of carbonyl (C=O) groups is 2. The van der Waals surface area contributed by atoms with Crippen LogP contribution in [0.15, 0.2) is 24.3 Å². The summed E-state index contributed by atoms with van der Waals surface area (Å²) in [6.45, 7) is 0.998. The monoisotopic (exact) mass is 274 g/mol. The molecule has 0 unspecified atom stereocenters. The maximum atomic E-state index is 12.0.